The first-order chi connectivity index (χ1) is 36.0. The Bertz CT molecular complexity index is 4010. The number of aromatic nitrogens is 2. The Morgan fingerprint density at radius 1 is 0.315 bits per heavy atom. The van der Waals surface area contributed by atoms with Gasteiger partial charge in [-0.3, -0.25) is 0 Å². The van der Waals surface area contributed by atoms with Crippen LogP contribution in [0.25, 0.3) is 65.9 Å². The highest BCUT2D eigenvalue weighted by atomic mass is 15.2. The smallest absolute Gasteiger partial charge is 0.0495 e. The summed E-state index contributed by atoms with van der Waals surface area (Å²) in [4.78, 5) is 4.85. The topological polar surface area (TPSA) is 16.3 Å². The number of nitrogens with zero attached hydrogens (tertiary/aromatic N) is 4. The van der Waals surface area contributed by atoms with Crippen LogP contribution in [-0.4, -0.2) is 9.13 Å². The molecule has 12 aromatic rings. The maximum absolute atomic E-state index is 2.69. The van der Waals surface area contributed by atoms with Crippen LogP contribution in [0.3, 0.4) is 0 Å². The van der Waals surface area contributed by atoms with Gasteiger partial charge in [0.05, 0.1) is 0 Å². The van der Waals surface area contributed by atoms with Gasteiger partial charge in [0.1, 0.15) is 0 Å². The van der Waals surface area contributed by atoms with Gasteiger partial charge in [0.2, 0.25) is 0 Å². The van der Waals surface area contributed by atoms with Gasteiger partial charge in [-0.15, -0.1) is 0 Å². The highest BCUT2D eigenvalue weighted by Crippen LogP contribution is 2.52. The van der Waals surface area contributed by atoms with Crippen LogP contribution >= 0.6 is 0 Å². The van der Waals surface area contributed by atoms with Crippen LogP contribution in [0.4, 0.5) is 34.1 Å². The zero-order valence-corrected chi connectivity index (χ0v) is 41.4. The van der Waals surface area contributed by atoms with Crippen LogP contribution in [0.2, 0.25) is 0 Å². The summed E-state index contributed by atoms with van der Waals surface area (Å²) in [5.41, 5.74) is 20.0. The first-order valence-electron chi connectivity index (χ1n) is 26.1. The Labute approximate surface area is 427 Å². The molecule has 1 saturated carbocycles. The molecule has 2 aromatic heterocycles. The van der Waals surface area contributed by atoms with Gasteiger partial charge >= 0.3 is 0 Å². The van der Waals surface area contributed by atoms with Crippen molar-refractivity contribution in [3.8, 4) is 22.3 Å². The van der Waals surface area contributed by atoms with E-state index in [9.17, 15) is 0 Å². The molecule has 2 heterocycles. The molecule has 4 heteroatoms. The predicted molar refractivity (Wildman–Crippen MR) is 308 cm³/mol. The van der Waals surface area contributed by atoms with E-state index in [-0.39, 0.29) is 5.41 Å². The summed E-state index contributed by atoms with van der Waals surface area (Å²) in [5, 5.41) is 5.23. The van der Waals surface area contributed by atoms with Crippen molar-refractivity contribution in [2.24, 2.45) is 0 Å². The van der Waals surface area contributed by atoms with Crippen molar-refractivity contribution in [1.82, 2.24) is 9.13 Å². The maximum atomic E-state index is 2.69. The van der Waals surface area contributed by atoms with Gasteiger partial charge in [-0.05, 0) is 156 Å². The van der Waals surface area contributed by atoms with E-state index in [1.54, 1.807) is 0 Å². The summed E-state index contributed by atoms with van der Waals surface area (Å²) < 4.78 is 5.37. The zero-order chi connectivity index (χ0) is 48.6. The monoisotopic (exact) mass is 940 g/mol. The average molecular weight is 941 g/mol. The molecule has 0 spiro atoms. The van der Waals surface area contributed by atoms with Crippen LogP contribution in [0.1, 0.15) is 62.7 Å². The van der Waals surface area contributed by atoms with Gasteiger partial charge in [-0.1, -0.05) is 159 Å². The van der Waals surface area contributed by atoms with E-state index >= 15 is 0 Å². The van der Waals surface area contributed by atoms with E-state index in [0.29, 0.717) is 12.1 Å². The van der Waals surface area contributed by atoms with Gasteiger partial charge in [-0.2, -0.15) is 0 Å². The van der Waals surface area contributed by atoms with Gasteiger partial charge in [-0.25, -0.2) is 0 Å². The first-order valence-corrected chi connectivity index (χ1v) is 26.1. The molecule has 0 amide bonds. The lowest BCUT2D eigenvalue weighted by atomic mass is 9.82. The standard InChI is InChI=1S/C69H56N4/c1-69(2)63-27-15-12-24-57(63)58-41-38-56(46-64(58)69)71(50-22-10-5-11-23-50)55-40-43-68-62(45-55)60-26-14-17-29-66(60)73(68)53-36-34-52(35-37-53)72-65-28-16-13-25-59(65)61-44-54(39-42-67(61)72)70(49-20-8-4-9-21-49)51-32-30-48(31-33-51)47-18-6-3-7-19-47/h3-33,38-46,52-53H,34-37H2,1-2H3. The summed E-state index contributed by atoms with van der Waals surface area (Å²) >= 11 is 0. The third kappa shape index (κ3) is 7.11. The van der Waals surface area contributed by atoms with Crippen molar-refractivity contribution in [1.29, 1.82) is 0 Å². The Kier molecular flexibility index (Phi) is 10.2. The van der Waals surface area contributed by atoms with Crippen molar-refractivity contribution in [3.05, 3.63) is 254 Å². The van der Waals surface area contributed by atoms with Crippen molar-refractivity contribution in [2.45, 2.75) is 57.0 Å². The largest absolute Gasteiger partial charge is 0.337 e. The Hall–Kier alpha value is -8.60. The van der Waals surface area contributed by atoms with Crippen LogP contribution in [0, 0.1) is 0 Å². The zero-order valence-electron chi connectivity index (χ0n) is 41.4. The fourth-order valence-corrected chi connectivity index (χ4v) is 12.9. The molecule has 0 unspecified atom stereocenters. The van der Waals surface area contributed by atoms with Gasteiger partial charge in [0, 0.05) is 95.2 Å². The van der Waals surface area contributed by atoms with Crippen molar-refractivity contribution in [2.75, 3.05) is 9.80 Å². The molecule has 4 nitrogen and oxygen atoms in total. The van der Waals surface area contributed by atoms with Crippen LogP contribution in [0.15, 0.2) is 243 Å². The summed E-state index contributed by atoms with van der Waals surface area (Å²) in [6.45, 7) is 4.74. The second kappa shape index (κ2) is 17.3. The lowest BCUT2D eigenvalue weighted by molar-refractivity contribution is 0.290. The molecule has 0 radical (unpaired) electrons. The van der Waals surface area contributed by atoms with Crippen LogP contribution in [-0.2, 0) is 5.41 Å². The third-order valence-corrected chi connectivity index (χ3v) is 16.4. The minimum Gasteiger partial charge on any atom is -0.337 e. The lowest BCUT2D eigenvalue weighted by Crippen LogP contribution is -2.20. The molecule has 10 aromatic carbocycles. The fourth-order valence-electron chi connectivity index (χ4n) is 12.9. The number of rotatable bonds is 9. The molecule has 73 heavy (non-hydrogen) atoms. The summed E-state index contributed by atoms with van der Waals surface area (Å²) in [6.07, 6.45) is 4.43. The van der Waals surface area contributed by atoms with Crippen LogP contribution in [0.5, 0.6) is 0 Å². The molecule has 2 aliphatic carbocycles. The molecule has 352 valence electrons. The fraction of sp³-hybridized carbons (Fsp3) is 0.130. The second-order valence-electron chi connectivity index (χ2n) is 20.8. The van der Waals surface area contributed by atoms with E-state index in [0.717, 1.165) is 48.4 Å². The van der Waals surface area contributed by atoms with Gasteiger partial charge in [0.15, 0.2) is 0 Å². The van der Waals surface area contributed by atoms with E-state index in [1.165, 1.54) is 88.4 Å². The lowest BCUT2D eigenvalue weighted by Gasteiger charge is -2.32. The van der Waals surface area contributed by atoms with Crippen molar-refractivity contribution in [3.63, 3.8) is 0 Å². The molecule has 14 rings (SSSR count). The van der Waals surface area contributed by atoms with Crippen molar-refractivity contribution >= 4 is 77.7 Å². The number of benzene rings is 10. The molecule has 2 aliphatic rings. The molecule has 1 fully saturated rings. The SMILES string of the molecule is CC1(C)c2ccccc2-c2ccc(N(c3ccccc3)c3ccc4c(c3)c3ccccc3n4C3CCC(n4c5ccccc5c5cc(N(c6ccccc6)c6ccc(-c7ccccc7)cc6)ccc54)CC3)cc21. The number of anilines is 6. The molecular formula is C69H56N4. The first kappa shape index (κ1) is 43.2. The highest BCUT2D eigenvalue weighted by molar-refractivity contribution is 6.11. The second-order valence-corrected chi connectivity index (χ2v) is 20.8. The van der Waals surface area contributed by atoms with E-state index in [1.807, 2.05) is 0 Å². The third-order valence-electron chi connectivity index (χ3n) is 16.4. The Morgan fingerprint density at radius 3 is 1.26 bits per heavy atom. The molecule has 0 bridgehead atoms. The molecule has 0 N–H and O–H groups in total. The van der Waals surface area contributed by atoms with Crippen molar-refractivity contribution < 1.29 is 0 Å². The van der Waals surface area contributed by atoms with Crippen LogP contribution < -0.4 is 9.80 Å². The van der Waals surface area contributed by atoms with E-state index in [4.69, 9.17) is 0 Å². The van der Waals surface area contributed by atoms with Gasteiger partial charge in [0.25, 0.3) is 0 Å². The van der Waals surface area contributed by atoms with Gasteiger partial charge < -0.3 is 18.9 Å². The maximum Gasteiger partial charge on any atom is 0.0495 e. The highest BCUT2D eigenvalue weighted by Gasteiger charge is 2.36. The number of hydrogen-bond acceptors (Lipinski definition) is 2. The predicted octanol–water partition coefficient (Wildman–Crippen LogP) is 19.2. The molecule has 0 atom stereocenters. The number of fused-ring (bicyclic) bond motifs is 9. The summed E-state index contributed by atoms with van der Waals surface area (Å²) in [7, 11) is 0. The van der Waals surface area contributed by atoms with E-state index < -0.39 is 0 Å². The summed E-state index contributed by atoms with van der Waals surface area (Å²) in [5.74, 6) is 0. The summed E-state index contributed by atoms with van der Waals surface area (Å²) in [6, 6.07) is 90.6. The molecule has 0 aliphatic heterocycles. The van der Waals surface area contributed by atoms with E-state index in [2.05, 4.69) is 275 Å². The Morgan fingerprint density at radius 2 is 0.699 bits per heavy atom. The molecule has 0 saturated heterocycles. The minimum absolute atomic E-state index is 0.0899. The Balaban J connectivity index is 0.798. The normalized spacial score (nSPS) is 16.0. The minimum atomic E-state index is -0.0899. The quantitative estimate of drug-likeness (QED) is 0.143. The number of hydrogen-bond donors (Lipinski definition) is 0. The average Bonchev–Trinajstić information content (AvgIpc) is 4.05. The molecular weight excluding hydrogens is 885 g/mol. The number of para-hydroxylation sites is 4.